The summed E-state index contributed by atoms with van der Waals surface area (Å²) in [5, 5.41) is 0. The van der Waals surface area contributed by atoms with Crippen molar-refractivity contribution in [3.8, 4) is 11.5 Å². The molecule has 0 heterocycles. The van der Waals surface area contributed by atoms with Gasteiger partial charge in [0.05, 0.1) is 17.2 Å². The van der Waals surface area contributed by atoms with Crippen molar-refractivity contribution in [2.45, 2.75) is 17.7 Å². The van der Waals surface area contributed by atoms with Crippen LogP contribution in [0.4, 0.5) is 0 Å². The Morgan fingerprint density at radius 2 is 1.60 bits per heavy atom. The van der Waals surface area contributed by atoms with Crippen LogP contribution in [0.2, 0.25) is 0 Å². The average molecular weight is 767 g/mol. The van der Waals surface area contributed by atoms with Crippen molar-refractivity contribution in [2.75, 3.05) is 0 Å². The highest BCUT2D eigenvalue weighted by Gasteiger charge is 2.25. The van der Waals surface area contributed by atoms with Crippen molar-refractivity contribution in [1.29, 1.82) is 0 Å². The molecule has 0 spiro atoms. The van der Waals surface area contributed by atoms with Crippen LogP contribution in [0.3, 0.4) is 0 Å². The van der Waals surface area contributed by atoms with Gasteiger partial charge in [-0.2, -0.15) is 0 Å². The van der Waals surface area contributed by atoms with Gasteiger partial charge in [-0.3, -0.25) is 9.59 Å². The van der Waals surface area contributed by atoms with Gasteiger partial charge in [0.15, 0.2) is 0 Å². The Balaban J connectivity index is 2.10. The molecule has 2 rings (SSSR count). The fourth-order valence-corrected chi connectivity index (χ4v) is 6.66. The lowest BCUT2D eigenvalue weighted by atomic mass is 10.0. The maximum Gasteiger partial charge on any atom is 0.315 e. The summed E-state index contributed by atoms with van der Waals surface area (Å²) in [6.07, 6.45) is 1.46. The van der Waals surface area contributed by atoms with Crippen LogP contribution in [0.5, 0.6) is 11.5 Å². The van der Waals surface area contributed by atoms with Crippen LogP contribution in [-0.4, -0.2) is 24.9 Å². The molecule has 1 atom stereocenters. The number of ether oxygens (including phenoxy) is 2. The second kappa shape index (κ2) is 11.2. The van der Waals surface area contributed by atoms with Crippen molar-refractivity contribution in [3.05, 3.63) is 59.8 Å². The summed E-state index contributed by atoms with van der Waals surface area (Å²) in [6.45, 7) is 3.60. The van der Waals surface area contributed by atoms with E-state index < -0.39 is 28.0 Å². The van der Waals surface area contributed by atoms with Gasteiger partial charge >= 0.3 is 11.9 Å². The quantitative estimate of drug-likeness (QED) is 0.128. The molecule has 0 amide bonds. The predicted octanol–water partition coefficient (Wildman–Crippen LogP) is 4.50. The molecule has 0 aliphatic carbocycles. The zero-order chi connectivity index (χ0) is 22.5. The van der Waals surface area contributed by atoms with Gasteiger partial charge in [0.1, 0.15) is 21.6 Å². The Morgan fingerprint density at radius 1 is 1.03 bits per heavy atom. The highest BCUT2D eigenvalue weighted by atomic mass is 127. The molecule has 2 aromatic carbocycles. The topological polar surface area (TPSA) is 110 Å². The van der Waals surface area contributed by atoms with E-state index in [1.165, 1.54) is 18.2 Å². The van der Waals surface area contributed by atoms with Crippen molar-refractivity contribution in [3.63, 3.8) is 0 Å². The number of esters is 2. The smallest absolute Gasteiger partial charge is 0.315 e. The van der Waals surface area contributed by atoms with Crippen molar-refractivity contribution >= 4 is 89.8 Å². The highest BCUT2D eigenvalue weighted by Crippen LogP contribution is 2.29. The minimum atomic E-state index is -4.66. The summed E-state index contributed by atoms with van der Waals surface area (Å²) in [4.78, 5) is 24.4. The van der Waals surface area contributed by atoms with E-state index in [2.05, 4.69) is 29.2 Å². The third-order valence-corrected chi connectivity index (χ3v) is 7.78. The molecule has 0 radical (unpaired) electrons. The molecular formula is C19H14I3O7S-. The lowest BCUT2D eigenvalue weighted by Gasteiger charge is -2.15. The molecule has 1 unspecified atom stereocenters. The van der Waals surface area contributed by atoms with Crippen molar-refractivity contribution in [1.82, 2.24) is 0 Å². The maximum absolute atomic E-state index is 12.5. The van der Waals surface area contributed by atoms with Crippen LogP contribution in [0.1, 0.15) is 12.8 Å². The largest absolute Gasteiger partial charge is 0.744 e. The Labute approximate surface area is 214 Å². The summed E-state index contributed by atoms with van der Waals surface area (Å²) < 4.78 is 45.8. The summed E-state index contributed by atoms with van der Waals surface area (Å²) in [6, 6.07) is 9.43. The van der Waals surface area contributed by atoms with E-state index in [0.717, 1.165) is 3.57 Å². The molecule has 0 fully saturated rings. The average Bonchev–Trinajstić information content (AvgIpc) is 2.61. The van der Waals surface area contributed by atoms with Gasteiger partial charge < -0.3 is 14.0 Å². The fourth-order valence-electron chi connectivity index (χ4n) is 2.37. The molecule has 0 aromatic heterocycles. The van der Waals surface area contributed by atoms with Crippen LogP contribution in [0.15, 0.2) is 53.9 Å². The summed E-state index contributed by atoms with van der Waals surface area (Å²) in [5.41, 5.74) is 0. The minimum Gasteiger partial charge on any atom is -0.744 e. The van der Waals surface area contributed by atoms with Gasteiger partial charge in [-0.15, -0.1) is 6.58 Å². The molecule has 2 aromatic rings. The normalized spacial score (nSPS) is 12.1. The lowest BCUT2D eigenvalue weighted by Crippen LogP contribution is -2.25. The first-order valence-corrected chi connectivity index (χ1v) is 12.9. The molecule has 11 heteroatoms. The zero-order valence-electron chi connectivity index (χ0n) is 15.1. The number of halogens is 3. The lowest BCUT2D eigenvalue weighted by molar-refractivity contribution is -0.145. The van der Waals surface area contributed by atoms with E-state index in [9.17, 15) is 22.6 Å². The molecule has 7 nitrogen and oxygen atoms in total. The van der Waals surface area contributed by atoms with Gasteiger partial charge in [0.25, 0.3) is 0 Å². The predicted molar refractivity (Wildman–Crippen MR) is 133 cm³/mol. The van der Waals surface area contributed by atoms with E-state index in [1.807, 2.05) is 0 Å². The van der Waals surface area contributed by atoms with Gasteiger partial charge in [-0.05, 0) is 111 Å². The van der Waals surface area contributed by atoms with Gasteiger partial charge in [0, 0.05) is 10.7 Å². The summed E-state index contributed by atoms with van der Waals surface area (Å²) in [5.74, 6) is -1.66. The summed E-state index contributed by atoms with van der Waals surface area (Å²) in [7, 11) is -4.66. The SMILES string of the molecule is C=CCC(CC(=O)Oc1cc(I)c(S(=O)(=O)[O-])c(I)c1)C(=O)Oc1ccc(I)cc1. The molecule has 0 saturated heterocycles. The Hall–Kier alpha value is -0.780. The number of allylic oxidation sites excluding steroid dienone is 1. The van der Waals surface area contributed by atoms with Crippen LogP contribution >= 0.6 is 67.8 Å². The first kappa shape index (κ1) is 25.5. The third kappa shape index (κ3) is 7.42. The van der Waals surface area contributed by atoms with E-state index >= 15 is 0 Å². The number of carbonyl (C=O) groups excluding carboxylic acids is 2. The number of hydrogen-bond acceptors (Lipinski definition) is 7. The molecule has 0 saturated carbocycles. The standard InChI is InChI=1S/C19H15I3O7S/c1-2-3-11(19(24)29-13-6-4-12(20)5-7-13)8-17(23)28-14-9-15(21)18(16(22)10-14)30(25,26)27/h2,4-7,9-11H,1,3,8H2,(H,25,26,27)/p-1. The molecule has 0 N–H and O–H groups in total. The fraction of sp³-hybridized carbons (Fsp3) is 0.158. The molecule has 160 valence electrons. The Kier molecular flexibility index (Phi) is 9.51. The molecule has 0 bridgehead atoms. The summed E-state index contributed by atoms with van der Waals surface area (Å²) >= 11 is 5.50. The molecule has 30 heavy (non-hydrogen) atoms. The Bertz CT molecular complexity index is 1040. The van der Waals surface area contributed by atoms with Crippen LogP contribution in [-0.2, 0) is 19.7 Å². The van der Waals surface area contributed by atoms with E-state index in [0.29, 0.717) is 5.75 Å². The van der Waals surface area contributed by atoms with Crippen molar-refractivity contribution < 1.29 is 32.0 Å². The highest BCUT2D eigenvalue weighted by molar-refractivity contribution is 14.1. The monoisotopic (exact) mass is 767 g/mol. The molecular weight excluding hydrogens is 753 g/mol. The maximum atomic E-state index is 12.5. The first-order valence-electron chi connectivity index (χ1n) is 8.25. The number of rotatable bonds is 8. The van der Waals surface area contributed by atoms with Crippen LogP contribution in [0.25, 0.3) is 0 Å². The Morgan fingerprint density at radius 3 is 2.10 bits per heavy atom. The van der Waals surface area contributed by atoms with Crippen LogP contribution in [0, 0.1) is 16.6 Å². The zero-order valence-corrected chi connectivity index (χ0v) is 22.4. The van der Waals surface area contributed by atoms with E-state index in [-0.39, 0.29) is 30.6 Å². The molecule has 0 aliphatic heterocycles. The van der Waals surface area contributed by atoms with E-state index in [1.54, 1.807) is 69.4 Å². The molecule has 0 aliphatic rings. The van der Waals surface area contributed by atoms with Crippen molar-refractivity contribution in [2.24, 2.45) is 5.92 Å². The van der Waals surface area contributed by atoms with Gasteiger partial charge in [-0.25, -0.2) is 8.42 Å². The first-order chi connectivity index (χ1) is 14.0. The number of benzene rings is 2. The number of hydrogen-bond donors (Lipinski definition) is 0. The number of carbonyl (C=O) groups is 2. The minimum absolute atomic E-state index is 0.0737. The van der Waals surface area contributed by atoms with Gasteiger partial charge in [-0.1, -0.05) is 6.08 Å². The van der Waals surface area contributed by atoms with Crippen LogP contribution < -0.4 is 9.47 Å². The van der Waals surface area contributed by atoms with Gasteiger partial charge in [0.2, 0.25) is 0 Å². The third-order valence-electron chi connectivity index (χ3n) is 3.68. The second-order valence-electron chi connectivity index (χ2n) is 5.94. The van der Waals surface area contributed by atoms with E-state index in [4.69, 9.17) is 9.47 Å². The second-order valence-corrected chi connectivity index (χ2v) is 10.8.